The monoisotopic (exact) mass is 312 g/mol. The molecule has 0 bridgehead atoms. The fourth-order valence-corrected chi connectivity index (χ4v) is 2.11. The van der Waals surface area contributed by atoms with Crippen LogP contribution in [0.5, 0.6) is 5.75 Å². The number of methoxy groups -OCH3 is 1. The number of halogens is 1. The molecule has 0 aliphatic heterocycles. The zero-order valence-corrected chi connectivity index (χ0v) is 12.2. The van der Waals surface area contributed by atoms with Crippen LogP contribution in [0.15, 0.2) is 36.7 Å². The maximum Gasteiger partial charge on any atom is 0.220 e. The normalized spacial score (nSPS) is 10.5. The zero-order chi connectivity index (χ0) is 16.4. The molecule has 3 heterocycles. The third kappa shape index (κ3) is 2.73. The summed E-state index contributed by atoms with van der Waals surface area (Å²) in [7, 11) is 1.51. The van der Waals surface area contributed by atoms with Gasteiger partial charge in [-0.2, -0.15) is 0 Å². The van der Waals surface area contributed by atoms with E-state index in [1.165, 1.54) is 25.6 Å². The van der Waals surface area contributed by atoms with Crippen molar-refractivity contribution in [2.45, 2.75) is 0 Å². The smallest absolute Gasteiger partial charge is 0.220 e. The van der Waals surface area contributed by atoms with E-state index in [1.807, 2.05) is 0 Å². The number of nitrogen functional groups attached to an aromatic ring is 2. The van der Waals surface area contributed by atoms with Crippen LogP contribution in [-0.4, -0.2) is 27.0 Å². The summed E-state index contributed by atoms with van der Waals surface area (Å²) in [5.41, 5.74) is 12.6. The van der Waals surface area contributed by atoms with Crippen molar-refractivity contribution in [3.05, 3.63) is 42.5 Å². The molecule has 23 heavy (non-hydrogen) atoms. The van der Waals surface area contributed by atoms with Gasteiger partial charge < -0.3 is 16.2 Å². The Hall–Kier alpha value is -3.29. The molecule has 0 unspecified atom stereocenters. The fraction of sp³-hybridized carbons (Fsp3) is 0.0667. The minimum Gasteiger partial charge on any atom is -0.494 e. The van der Waals surface area contributed by atoms with Gasteiger partial charge in [0.25, 0.3) is 0 Å². The Morgan fingerprint density at radius 1 is 0.957 bits per heavy atom. The van der Waals surface area contributed by atoms with E-state index in [0.29, 0.717) is 22.8 Å². The highest BCUT2D eigenvalue weighted by Gasteiger charge is 2.15. The molecule has 3 aromatic heterocycles. The van der Waals surface area contributed by atoms with Gasteiger partial charge in [-0.15, -0.1) is 0 Å². The van der Waals surface area contributed by atoms with Crippen LogP contribution in [0, 0.1) is 5.82 Å². The van der Waals surface area contributed by atoms with E-state index in [2.05, 4.69) is 19.9 Å². The third-order valence-corrected chi connectivity index (χ3v) is 3.19. The number of hydrogen-bond acceptors (Lipinski definition) is 7. The predicted octanol–water partition coefficient (Wildman–Crippen LogP) is 1.91. The Kier molecular flexibility index (Phi) is 3.71. The summed E-state index contributed by atoms with van der Waals surface area (Å²) in [5, 5.41) is 0. The first-order chi connectivity index (χ1) is 11.1. The summed E-state index contributed by atoms with van der Waals surface area (Å²) < 4.78 is 19.5. The molecule has 0 atom stereocenters. The minimum atomic E-state index is -0.627. The highest BCUT2D eigenvalue weighted by Crippen LogP contribution is 2.31. The number of rotatable bonds is 3. The standard InChI is InChI=1S/C15H13FN6O/c1-23-11-3-2-9(8-4-6-19-14(17)12(8)16)21-13(11)10-5-7-20-15(18)22-10/h2-7H,1H3,(H2,17,19)(H2,18,20,22). The van der Waals surface area contributed by atoms with Crippen LogP contribution < -0.4 is 16.2 Å². The molecule has 4 N–H and O–H groups in total. The van der Waals surface area contributed by atoms with Crippen molar-refractivity contribution in [1.29, 1.82) is 0 Å². The van der Waals surface area contributed by atoms with Gasteiger partial charge in [0.1, 0.15) is 11.4 Å². The molecule has 0 saturated heterocycles. The average molecular weight is 312 g/mol. The van der Waals surface area contributed by atoms with Crippen LogP contribution in [0.25, 0.3) is 22.6 Å². The third-order valence-electron chi connectivity index (χ3n) is 3.19. The van der Waals surface area contributed by atoms with Crippen molar-refractivity contribution >= 4 is 11.8 Å². The summed E-state index contributed by atoms with van der Waals surface area (Å²) in [4.78, 5) is 16.1. The van der Waals surface area contributed by atoms with Crippen molar-refractivity contribution in [2.24, 2.45) is 0 Å². The van der Waals surface area contributed by atoms with Gasteiger partial charge in [-0.1, -0.05) is 0 Å². The predicted molar refractivity (Wildman–Crippen MR) is 83.8 cm³/mol. The van der Waals surface area contributed by atoms with Crippen molar-refractivity contribution < 1.29 is 9.13 Å². The molecule has 8 heteroatoms. The quantitative estimate of drug-likeness (QED) is 0.759. The second-order valence-electron chi connectivity index (χ2n) is 4.61. The van der Waals surface area contributed by atoms with Gasteiger partial charge >= 0.3 is 0 Å². The lowest BCUT2D eigenvalue weighted by atomic mass is 10.1. The Balaban J connectivity index is 2.19. The van der Waals surface area contributed by atoms with E-state index in [9.17, 15) is 4.39 Å². The number of nitrogens with zero attached hydrogens (tertiary/aromatic N) is 4. The Morgan fingerprint density at radius 2 is 1.74 bits per heavy atom. The number of hydrogen-bond donors (Lipinski definition) is 2. The van der Waals surface area contributed by atoms with Gasteiger partial charge in [-0.05, 0) is 24.3 Å². The molecule has 0 fully saturated rings. The van der Waals surface area contributed by atoms with Crippen molar-refractivity contribution in [3.63, 3.8) is 0 Å². The lowest BCUT2D eigenvalue weighted by Gasteiger charge is -2.10. The molecule has 3 rings (SSSR count). The molecule has 7 nitrogen and oxygen atoms in total. The number of nitrogens with two attached hydrogens (primary N) is 2. The van der Waals surface area contributed by atoms with E-state index < -0.39 is 5.82 Å². The maximum atomic E-state index is 14.2. The molecule has 0 aliphatic rings. The van der Waals surface area contributed by atoms with Gasteiger partial charge in [-0.3, -0.25) is 0 Å². The Labute approximate surface area is 131 Å². The van der Waals surface area contributed by atoms with Crippen LogP contribution in [0.2, 0.25) is 0 Å². The zero-order valence-electron chi connectivity index (χ0n) is 12.2. The molecule has 0 saturated carbocycles. The highest BCUT2D eigenvalue weighted by molar-refractivity contribution is 5.70. The van der Waals surface area contributed by atoms with Crippen LogP contribution in [0.4, 0.5) is 16.2 Å². The van der Waals surface area contributed by atoms with E-state index in [1.54, 1.807) is 18.2 Å². The van der Waals surface area contributed by atoms with E-state index in [0.717, 1.165) is 0 Å². The van der Waals surface area contributed by atoms with Crippen molar-refractivity contribution in [3.8, 4) is 28.4 Å². The molecule has 116 valence electrons. The molecule has 0 aromatic carbocycles. The molecular formula is C15H13FN6O. The minimum absolute atomic E-state index is 0.107. The van der Waals surface area contributed by atoms with Gasteiger partial charge in [0.2, 0.25) is 5.95 Å². The van der Waals surface area contributed by atoms with Crippen LogP contribution in [-0.2, 0) is 0 Å². The van der Waals surface area contributed by atoms with E-state index in [-0.39, 0.29) is 17.3 Å². The van der Waals surface area contributed by atoms with Crippen molar-refractivity contribution in [1.82, 2.24) is 19.9 Å². The summed E-state index contributed by atoms with van der Waals surface area (Å²) in [5.74, 6) is -0.225. The molecular weight excluding hydrogens is 299 g/mol. The van der Waals surface area contributed by atoms with Gasteiger partial charge in [0.05, 0.1) is 18.5 Å². The first-order valence-corrected chi connectivity index (χ1v) is 6.64. The average Bonchev–Trinajstić information content (AvgIpc) is 2.57. The van der Waals surface area contributed by atoms with E-state index in [4.69, 9.17) is 16.2 Å². The molecule has 0 aliphatic carbocycles. The maximum absolute atomic E-state index is 14.2. The number of pyridine rings is 2. The summed E-state index contributed by atoms with van der Waals surface area (Å²) in [6.07, 6.45) is 2.93. The van der Waals surface area contributed by atoms with Crippen LogP contribution in [0.1, 0.15) is 0 Å². The molecule has 0 spiro atoms. The first-order valence-electron chi connectivity index (χ1n) is 6.64. The molecule has 3 aromatic rings. The van der Waals surface area contributed by atoms with Crippen LogP contribution in [0.3, 0.4) is 0 Å². The number of anilines is 2. The summed E-state index contributed by atoms with van der Waals surface area (Å²) in [6, 6.07) is 6.44. The Bertz CT molecular complexity index is 870. The van der Waals surface area contributed by atoms with Crippen LogP contribution >= 0.6 is 0 Å². The lowest BCUT2D eigenvalue weighted by molar-refractivity contribution is 0.414. The second-order valence-corrected chi connectivity index (χ2v) is 4.61. The number of aromatic nitrogens is 4. The fourth-order valence-electron chi connectivity index (χ4n) is 2.11. The Morgan fingerprint density at radius 3 is 2.48 bits per heavy atom. The van der Waals surface area contributed by atoms with Gasteiger partial charge in [0.15, 0.2) is 11.6 Å². The summed E-state index contributed by atoms with van der Waals surface area (Å²) in [6.45, 7) is 0. The topological polar surface area (TPSA) is 113 Å². The van der Waals surface area contributed by atoms with Gasteiger partial charge in [0, 0.05) is 18.0 Å². The number of ether oxygens (including phenoxy) is 1. The molecule has 0 radical (unpaired) electrons. The SMILES string of the molecule is COc1ccc(-c2ccnc(N)c2F)nc1-c1ccnc(N)n1. The lowest BCUT2D eigenvalue weighted by Crippen LogP contribution is -2.01. The summed E-state index contributed by atoms with van der Waals surface area (Å²) >= 11 is 0. The first kappa shape index (κ1) is 14.6. The van der Waals surface area contributed by atoms with Crippen molar-refractivity contribution in [2.75, 3.05) is 18.6 Å². The van der Waals surface area contributed by atoms with E-state index >= 15 is 0 Å². The second kappa shape index (κ2) is 5.84. The van der Waals surface area contributed by atoms with Gasteiger partial charge in [-0.25, -0.2) is 24.3 Å². The largest absolute Gasteiger partial charge is 0.494 e. The molecule has 0 amide bonds. The highest BCUT2D eigenvalue weighted by atomic mass is 19.1.